The highest BCUT2D eigenvalue weighted by Gasteiger charge is 2.22. The van der Waals surface area contributed by atoms with E-state index in [0.29, 0.717) is 24.7 Å². The lowest BCUT2D eigenvalue weighted by Crippen LogP contribution is -2.47. The average molecular weight is 323 g/mol. The monoisotopic (exact) mass is 322 g/mol. The number of carbonyl (C=O) groups is 1. The second-order valence-corrected chi connectivity index (χ2v) is 6.00. The van der Waals surface area contributed by atoms with E-state index in [1.54, 1.807) is 4.90 Å². The molecule has 3 rings (SSSR count). The molecular formula is C15H19ClN4O2. The number of aliphatic hydroxyl groups is 1. The van der Waals surface area contributed by atoms with Gasteiger partial charge in [-0.25, -0.2) is 9.78 Å². The number of nitrogens with zero attached hydrogens (tertiary/aromatic N) is 3. The number of nitrogens with one attached hydrogen (secondary N) is 1. The van der Waals surface area contributed by atoms with E-state index in [2.05, 4.69) is 10.3 Å². The number of para-hydroxylation sites is 1. The maximum atomic E-state index is 12.2. The zero-order valence-corrected chi connectivity index (χ0v) is 13.2. The number of rotatable bonds is 2. The summed E-state index contributed by atoms with van der Waals surface area (Å²) in [6.07, 6.45) is 1.16. The zero-order valence-electron chi connectivity index (χ0n) is 12.4. The van der Waals surface area contributed by atoms with E-state index in [-0.39, 0.29) is 6.03 Å². The van der Waals surface area contributed by atoms with E-state index in [0.717, 1.165) is 29.7 Å². The topological polar surface area (TPSA) is 70.4 Å². The molecule has 0 radical (unpaired) electrons. The highest BCUT2D eigenvalue weighted by Crippen LogP contribution is 2.23. The van der Waals surface area contributed by atoms with Gasteiger partial charge in [-0.1, -0.05) is 17.7 Å². The first-order valence-electron chi connectivity index (χ1n) is 7.37. The predicted molar refractivity (Wildman–Crippen MR) is 84.8 cm³/mol. The standard InChI is InChI=1S/C15H19ClN4O2/c1-19-13(18-12-6-2-5-11(16)14(12)19)8-17-15(22)20-7-3-4-10(21)9-20/h2,5-6,10,21H,3-4,7-9H2,1H3,(H,17,22). The number of carbonyl (C=O) groups excluding carboxylic acids is 1. The van der Waals surface area contributed by atoms with Crippen molar-refractivity contribution < 1.29 is 9.90 Å². The lowest BCUT2D eigenvalue weighted by Gasteiger charge is -2.30. The van der Waals surface area contributed by atoms with Crippen LogP contribution in [0, 0.1) is 0 Å². The highest BCUT2D eigenvalue weighted by atomic mass is 35.5. The maximum Gasteiger partial charge on any atom is 0.317 e. The van der Waals surface area contributed by atoms with Gasteiger partial charge in [-0.3, -0.25) is 0 Å². The van der Waals surface area contributed by atoms with E-state index in [9.17, 15) is 9.90 Å². The molecule has 0 aliphatic carbocycles. The molecule has 1 saturated heterocycles. The summed E-state index contributed by atoms with van der Waals surface area (Å²) in [4.78, 5) is 18.3. The number of piperidine rings is 1. The van der Waals surface area contributed by atoms with Gasteiger partial charge in [-0.05, 0) is 25.0 Å². The minimum Gasteiger partial charge on any atom is -0.391 e. The van der Waals surface area contributed by atoms with E-state index >= 15 is 0 Å². The molecule has 2 amide bonds. The third-order valence-electron chi connectivity index (χ3n) is 4.02. The number of aryl methyl sites for hydroxylation is 1. The van der Waals surface area contributed by atoms with Gasteiger partial charge >= 0.3 is 6.03 Å². The largest absolute Gasteiger partial charge is 0.391 e. The number of urea groups is 1. The molecule has 7 heteroatoms. The van der Waals surface area contributed by atoms with Crippen molar-refractivity contribution in [2.45, 2.75) is 25.5 Å². The second kappa shape index (κ2) is 6.14. The number of likely N-dealkylation sites (tertiary alicyclic amines) is 1. The van der Waals surface area contributed by atoms with Crippen molar-refractivity contribution in [1.29, 1.82) is 0 Å². The number of aromatic nitrogens is 2. The van der Waals surface area contributed by atoms with Gasteiger partial charge in [0.15, 0.2) is 0 Å². The number of fused-ring (bicyclic) bond motifs is 1. The Morgan fingerprint density at radius 1 is 1.55 bits per heavy atom. The van der Waals surface area contributed by atoms with Crippen molar-refractivity contribution in [2.24, 2.45) is 7.05 Å². The zero-order chi connectivity index (χ0) is 15.7. The SMILES string of the molecule is Cn1c(CNC(=O)N2CCCC(O)C2)nc2cccc(Cl)c21. The fourth-order valence-corrected chi connectivity index (χ4v) is 3.13. The molecule has 0 bridgehead atoms. The molecule has 118 valence electrons. The van der Waals surface area contributed by atoms with Gasteiger partial charge in [-0.2, -0.15) is 0 Å². The van der Waals surface area contributed by atoms with Gasteiger partial charge in [0, 0.05) is 20.1 Å². The first kappa shape index (κ1) is 15.1. The Labute approximate surface area is 133 Å². The van der Waals surface area contributed by atoms with E-state index in [1.807, 2.05) is 29.8 Å². The van der Waals surface area contributed by atoms with Crippen LogP contribution >= 0.6 is 11.6 Å². The van der Waals surface area contributed by atoms with Crippen LogP contribution < -0.4 is 5.32 Å². The number of hydrogen-bond donors (Lipinski definition) is 2. The summed E-state index contributed by atoms with van der Waals surface area (Å²) in [6, 6.07) is 5.41. The quantitative estimate of drug-likeness (QED) is 0.887. The van der Waals surface area contributed by atoms with Crippen LogP contribution in [0.4, 0.5) is 4.79 Å². The fraction of sp³-hybridized carbons (Fsp3) is 0.467. The smallest absolute Gasteiger partial charge is 0.317 e. The molecule has 1 aliphatic rings. The Morgan fingerprint density at radius 2 is 2.36 bits per heavy atom. The van der Waals surface area contributed by atoms with Crippen LogP contribution in [0.3, 0.4) is 0 Å². The van der Waals surface area contributed by atoms with Gasteiger partial charge < -0.3 is 19.9 Å². The average Bonchev–Trinajstić information content (AvgIpc) is 2.82. The lowest BCUT2D eigenvalue weighted by atomic mass is 10.1. The number of halogens is 1. The second-order valence-electron chi connectivity index (χ2n) is 5.60. The normalized spacial score (nSPS) is 18.7. The number of β-amino-alcohol motifs (C(OH)–C–C–N with tert-alkyl or cyclic N) is 1. The molecule has 0 spiro atoms. The lowest BCUT2D eigenvalue weighted by molar-refractivity contribution is 0.0841. The third-order valence-corrected chi connectivity index (χ3v) is 4.32. The summed E-state index contributed by atoms with van der Waals surface area (Å²) in [5.74, 6) is 0.744. The Kier molecular flexibility index (Phi) is 4.22. The number of hydrogen-bond acceptors (Lipinski definition) is 3. The van der Waals surface area contributed by atoms with Crippen LogP contribution in [-0.4, -0.2) is 44.8 Å². The van der Waals surface area contributed by atoms with Crippen molar-refractivity contribution in [1.82, 2.24) is 19.8 Å². The van der Waals surface area contributed by atoms with Crippen molar-refractivity contribution in [3.63, 3.8) is 0 Å². The van der Waals surface area contributed by atoms with E-state index in [1.165, 1.54) is 0 Å². The van der Waals surface area contributed by atoms with Crippen LogP contribution in [0.15, 0.2) is 18.2 Å². The summed E-state index contributed by atoms with van der Waals surface area (Å²) < 4.78 is 1.89. The molecule has 6 nitrogen and oxygen atoms in total. The number of amides is 2. The molecular weight excluding hydrogens is 304 g/mol. The first-order valence-corrected chi connectivity index (χ1v) is 7.74. The Hall–Kier alpha value is -1.79. The molecule has 1 aliphatic heterocycles. The Balaban J connectivity index is 1.70. The van der Waals surface area contributed by atoms with Gasteiger partial charge in [0.25, 0.3) is 0 Å². The molecule has 1 unspecified atom stereocenters. The Morgan fingerprint density at radius 3 is 3.09 bits per heavy atom. The summed E-state index contributed by atoms with van der Waals surface area (Å²) in [5, 5.41) is 13.1. The van der Waals surface area contributed by atoms with Crippen molar-refractivity contribution in [2.75, 3.05) is 13.1 Å². The maximum absolute atomic E-state index is 12.2. The summed E-state index contributed by atoms with van der Waals surface area (Å²) in [7, 11) is 1.88. The first-order chi connectivity index (χ1) is 10.6. The molecule has 2 aromatic rings. The molecule has 1 fully saturated rings. The fourth-order valence-electron chi connectivity index (χ4n) is 2.83. The van der Waals surface area contributed by atoms with Gasteiger partial charge in [-0.15, -0.1) is 0 Å². The Bertz CT molecular complexity index is 700. The third kappa shape index (κ3) is 2.89. The summed E-state index contributed by atoms with van der Waals surface area (Å²) in [5.41, 5.74) is 1.68. The minimum absolute atomic E-state index is 0.170. The number of aliphatic hydroxyl groups excluding tert-OH is 1. The van der Waals surface area contributed by atoms with Gasteiger partial charge in [0.1, 0.15) is 5.82 Å². The van der Waals surface area contributed by atoms with Crippen molar-refractivity contribution in [3.05, 3.63) is 29.0 Å². The molecule has 1 aromatic heterocycles. The predicted octanol–water partition coefficient (Wildman–Crippen LogP) is 1.89. The van der Waals surface area contributed by atoms with Gasteiger partial charge in [0.05, 0.1) is 28.7 Å². The molecule has 2 N–H and O–H groups in total. The van der Waals surface area contributed by atoms with E-state index < -0.39 is 6.10 Å². The molecule has 0 saturated carbocycles. The van der Waals surface area contributed by atoms with Crippen LogP contribution in [-0.2, 0) is 13.6 Å². The summed E-state index contributed by atoms with van der Waals surface area (Å²) >= 11 is 6.19. The molecule has 22 heavy (non-hydrogen) atoms. The van der Waals surface area contributed by atoms with E-state index in [4.69, 9.17) is 11.6 Å². The van der Waals surface area contributed by atoms with Crippen LogP contribution in [0.25, 0.3) is 11.0 Å². The summed E-state index contributed by atoms with van der Waals surface area (Å²) in [6.45, 7) is 1.39. The number of imidazole rings is 1. The molecule has 1 aromatic carbocycles. The molecule has 2 heterocycles. The van der Waals surface area contributed by atoms with Gasteiger partial charge in [0.2, 0.25) is 0 Å². The number of benzene rings is 1. The van der Waals surface area contributed by atoms with Crippen LogP contribution in [0.5, 0.6) is 0 Å². The minimum atomic E-state index is -0.422. The van der Waals surface area contributed by atoms with Crippen LogP contribution in [0.2, 0.25) is 5.02 Å². The van der Waals surface area contributed by atoms with Crippen LogP contribution in [0.1, 0.15) is 18.7 Å². The van der Waals surface area contributed by atoms with Crippen molar-refractivity contribution in [3.8, 4) is 0 Å². The van der Waals surface area contributed by atoms with Crippen molar-refractivity contribution >= 4 is 28.7 Å². The highest BCUT2D eigenvalue weighted by molar-refractivity contribution is 6.35. The molecule has 1 atom stereocenters.